The van der Waals surface area contributed by atoms with E-state index in [1.807, 2.05) is 18.2 Å². The summed E-state index contributed by atoms with van der Waals surface area (Å²) in [5.41, 5.74) is -0.0951. The van der Waals surface area contributed by atoms with Gasteiger partial charge < -0.3 is 14.9 Å². The standard InChI is InChI=1S/C26H26N2O5/c1-18(9-6-7-16-29)26(32)21-17-20(27-15-8-12-23(33-2)24(27)30)13-14-22(21)28(25(26)31)19-10-4-3-5-11-19/h3-6,8-15,17-18,29,32H,7,16H2,1-2H3/b9-6+/t18-,26+/m0/s1. The summed E-state index contributed by atoms with van der Waals surface area (Å²) in [6, 6.07) is 17.6. The fourth-order valence-electron chi connectivity index (χ4n) is 4.19. The first-order valence-corrected chi connectivity index (χ1v) is 10.7. The number of para-hydroxylation sites is 1. The number of anilines is 2. The molecule has 0 saturated carbocycles. The molecule has 0 unspecified atom stereocenters. The van der Waals surface area contributed by atoms with Gasteiger partial charge in [0.25, 0.3) is 11.5 Å². The van der Waals surface area contributed by atoms with Gasteiger partial charge in [0, 0.05) is 35.7 Å². The first-order chi connectivity index (χ1) is 15.9. The minimum atomic E-state index is -1.85. The molecule has 0 bridgehead atoms. The Labute approximate surface area is 191 Å². The summed E-state index contributed by atoms with van der Waals surface area (Å²) in [6.07, 6.45) is 5.51. The zero-order valence-electron chi connectivity index (χ0n) is 18.5. The number of amides is 1. The van der Waals surface area contributed by atoms with Crippen molar-refractivity contribution in [1.29, 1.82) is 0 Å². The topological polar surface area (TPSA) is 92.0 Å². The van der Waals surface area contributed by atoms with Crippen LogP contribution in [0.3, 0.4) is 0 Å². The van der Waals surface area contributed by atoms with Gasteiger partial charge in [0.2, 0.25) is 0 Å². The molecule has 2 atom stereocenters. The molecule has 0 spiro atoms. The highest BCUT2D eigenvalue weighted by Gasteiger charge is 2.53. The quantitative estimate of drug-likeness (QED) is 0.544. The number of carbonyl (C=O) groups is 1. The molecule has 33 heavy (non-hydrogen) atoms. The Balaban J connectivity index is 1.91. The highest BCUT2D eigenvalue weighted by molar-refractivity contribution is 6.12. The lowest BCUT2D eigenvalue weighted by Crippen LogP contribution is -2.42. The number of ether oxygens (including phenoxy) is 1. The van der Waals surface area contributed by atoms with Crippen molar-refractivity contribution in [2.24, 2.45) is 5.92 Å². The Morgan fingerprint density at radius 2 is 1.82 bits per heavy atom. The normalized spacial score (nSPS) is 18.5. The fraction of sp³-hybridized carbons (Fsp3) is 0.231. The summed E-state index contributed by atoms with van der Waals surface area (Å²) in [5.74, 6) is -0.864. The van der Waals surface area contributed by atoms with Crippen LogP contribution in [0.5, 0.6) is 5.75 Å². The van der Waals surface area contributed by atoms with Gasteiger partial charge in [-0.05, 0) is 48.9 Å². The van der Waals surface area contributed by atoms with Crippen molar-refractivity contribution < 1.29 is 19.7 Å². The molecule has 2 N–H and O–H groups in total. The predicted octanol–water partition coefficient (Wildman–Crippen LogP) is 3.29. The van der Waals surface area contributed by atoms with E-state index >= 15 is 0 Å². The van der Waals surface area contributed by atoms with Gasteiger partial charge in [-0.2, -0.15) is 0 Å². The molecule has 170 valence electrons. The average Bonchev–Trinajstić information content (AvgIpc) is 3.07. The zero-order chi connectivity index (χ0) is 23.6. The molecule has 1 aromatic heterocycles. The number of benzene rings is 2. The number of fused-ring (bicyclic) bond motifs is 1. The van der Waals surface area contributed by atoms with Gasteiger partial charge in [-0.25, -0.2) is 0 Å². The van der Waals surface area contributed by atoms with Crippen LogP contribution in [0.4, 0.5) is 11.4 Å². The van der Waals surface area contributed by atoms with E-state index in [-0.39, 0.29) is 17.9 Å². The second kappa shape index (κ2) is 9.05. The molecule has 0 saturated heterocycles. The molecule has 4 rings (SSSR count). The minimum absolute atomic E-state index is 0.0226. The number of aliphatic hydroxyl groups is 2. The number of hydrogen-bond donors (Lipinski definition) is 2. The number of methoxy groups -OCH3 is 1. The van der Waals surface area contributed by atoms with Gasteiger partial charge in [0.05, 0.1) is 12.8 Å². The monoisotopic (exact) mass is 446 g/mol. The molecule has 7 nitrogen and oxygen atoms in total. The molecule has 1 amide bonds. The summed E-state index contributed by atoms with van der Waals surface area (Å²) >= 11 is 0. The lowest BCUT2D eigenvalue weighted by Gasteiger charge is -2.28. The lowest BCUT2D eigenvalue weighted by atomic mass is 9.82. The van der Waals surface area contributed by atoms with E-state index in [1.165, 1.54) is 16.6 Å². The molecule has 7 heteroatoms. The molecule has 2 aromatic carbocycles. The van der Waals surface area contributed by atoms with E-state index in [0.29, 0.717) is 29.0 Å². The Kier molecular flexibility index (Phi) is 6.18. The van der Waals surface area contributed by atoms with Crippen LogP contribution in [0.2, 0.25) is 0 Å². The maximum atomic E-state index is 13.7. The van der Waals surface area contributed by atoms with Crippen molar-refractivity contribution in [3.63, 3.8) is 0 Å². The van der Waals surface area contributed by atoms with Gasteiger partial charge in [-0.15, -0.1) is 0 Å². The van der Waals surface area contributed by atoms with E-state index in [1.54, 1.807) is 67.7 Å². The third-order valence-corrected chi connectivity index (χ3v) is 5.97. The van der Waals surface area contributed by atoms with Crippen molar-refractivity contribution >= 4 is 17.3 Å². The minimum Gasteiger partial charge on any atom is -0.491 e. The zero-order valence-corrected chi connectivity index (χ0v) is 18.5. The third kappa shape index (κ3) is 3.75. The molecular weight excluding hydrogens is 420 g/mol. The highest BCUT2D eigenvalue weighted by Crippen LogP contribution is 2.48. The second-order valence-electron chi connectivity index (χ2n) is 7.92. The van der Waals surface area contributed by atoms with Gasteiger partial charge in [-0.1, -0.05) is 37.3 Å². The van der Waals surface area contributed by atoms with Crippen LogP contribution in [0, 0.1) is 5.92 Å². The van der Waals surface area contributed by atoms with E-state index in [9.17, 15) is 14.7 Å². The molecule has 0 fully saturated rings. The number of aliphatic hydroxyl groups excluding tert-OH is 1. The van der Waals surface area contributed by atoms with Gasteiger partial charge >= 0.3 is 0 Å². The first-order valence-electron chi connectivity index (χ1n) is 10.7. The first kappa shape index (κ1) is 22.5. The van der Waals surface area contributed by atoms with Gasteiger partial charge in [0.15, 0.2) is 11.4 Å². The SMILES string of the molecule is COc1cccn(-c2ccc3c(c2)[C@](O)([C@@H](C)/C=C/CCO)C(=O)N3c2ccccc2)c1=O. The number of rotatable bonds is 7. The number of pyridine rings is 1. The van der Waals surface area contributed by atoms with E-state index in [4.69, 9.17) is 9.84 Å². The van der Waals surface area contributed by atoms with Crippen molar-refractivity contribution in [1.82, 2.24) is 4.57 Å². The summed E-state index contributed by atoms with van der Waals surface area (Å²) < 4.78 is 6.57. The van der Waals surface area contributed by atoms with Crippen LogP contribution in [-0.2, 0) is 10.4 Å². The number of carbonyl (C=O) groups excluding carboxylic acids is 1. The van der Waals surface area contributed by atoms with Crippen molar-refractivity contribution in [2.75, 3.05) is 18.6 Å². The molecule has 1 aliphatic heterocycles. The Morgan fingerprint density at radius 3 is 2.52 bits per heavy atom. The molecular formula is C26H26N2O5. The fourth-order valence-corrected chi connectivity index (χ4v) is 4.19. The smallest absolute Gasteiger partial charge is 0.297 e. The number of nitrogens with zero attached hydrogens (tertiary/aromatic N) is 2. The Morgan fingerprint density at radius 1 is 1.06 bits per heavy atom. The number of aromatic nitrogens is 1. The molecule has 3 aromatic rings. The van der Waals surface area contributed by atoms with Crippen LogP contribution in [-0.4, -0.2) is 34.4 Å². The maximum absolute atomic E-state index is 13.7. The van der Waals surface area contributed by atoms with Crippen LogP contribution in [0.25, 0.3) is 5.69 Å². The largest absolute Gasteiger partial charge is 0.491 e. The lowest BCUT2D eigenvalue weighted by molar-refractivity contribution is -0.138. The maximum Gasteiger partial charge on any atom is 0.297 e. The predicted molar refractivity (Wildman–Crippen MR) is 126 cm³/mol. The summed E-state index contributed by atoms with van der Waals surface area (Å²) in [5, 5.41) is 20.9. The highest BCUT2D eigenvalue weighted by atomic mass is 16.5. The Bertz CT molecular complexity index is 1250. The summed E-state index contributed by atoms with van der Waals surface area (Å²) in [7, 11) is 1.43. The van der Waals surface area contributed by atoms with E-state index < -0.39 is 17.4 Å². The number of hydrogen-bond acceptors (Lipinski definition) is 5. The van der Waals surface area contributed by atoms with Crippen LogP contribution < -0.4 is 15.2 Å². The van der Waals surface area contributed by atoms with Crippen molar-refractivity contribution in [3.05, 3.63) is 94.9 Å². The van der Waals surface area contributed by atoms with E-state index in [2.05, 4.69) is 0 Å². The van der Waals surface area contributed by atoms with Gasteiger partial charge in [-0.3, -0.25) is 19.1 Å². The van der Waals surface area contributed by atoms with Crippen LogP contribution in [0.1, 0.15) is 18.9 Å². The van der Waals surface area contributed by atoms with Crippen LogP contribution in [0.15, 0.2) is 83.8 Å². The molecule has 2 heterocycles. The average molecular weight is 447 g/mol. The third-order valence-electron chi connectivity index (χ3n) is 5.97. The molecule has 0 radical (unpaired) electrons. The van der Waals surface area contributed by atoms with Crippen molar-refractivity contribution in [3.8, 4) is 11.4 Å². The summed E-state index contributed by atoms with van der Waals surface area (Å²) in [6.45, 7) is 1.74. The Hall–Kier alpha value is -3.68. The van der Waals surface area contributed by atoms with E-state index in [0.717, 1.165) is 0 Å². The second-order valence-corrected chi connectivity index (χ2v) is 7.92. The summed E-state index contributed by atoms with van der Waals surface area (Å²) in [4.78, 5) is 28.0. The van der Waals surface area contributed by atoms with Crippen LogP contribution >= 0.6 is 0 Å². The van der Waals surface area contributed by atoms with Gasteiger partial charge in [0.1, 0.15) is 0 Å². The van der Waals surface area contributed by atoms with Crippen molar-refractivity contribution in [2.45, 2.75) is 18.9 Å². The molecule has 0 aliphatic carbocycles. The molecule has 1 aliphatic rings.